The third-order valence-electron chi connectivity index (χ3n) is 5.16. The lowest BCUT2D eigenvalue weighted by Gasteiger charge is -2.13. The van der Waals surface area contributed by atoms with Crippen molar-refractivity contribution in [2.75, 3.05) is 7.11 Å². The summed E-state index contributed by atoms with van der Waals surface area (Å²) in [5.41, 5.74) is 4.02. The number of hydrogen-bond donors (Lipinski definition) is 1. The molecule has 2 heterocycles. The summed E-state index contributed by atoms with van der Waals surface area (Å²) in [5, 5.41) is 11.2. The zero-order valence-corrected chi connectivity index (χ0v) is 18.2. The van der Waals surface area contributed by atoms with E-state index in [-0.39, 0.29) is 5.91 Å². The topological polar surface area (TPSA) is 91.4 Å². The number of methoxy groups -OCH3 is 1. The predicted octanol–water partition coefficient (Wildman–Crippen LogP) is 3.99. The molecule has 0 aliphatic rings. The van der Waals surface area contributed by atoms with E-state index in [2.05, 4.69) is 15.6 Å². The molecule has 0 saturated heterocycles. The molecule has 1 N–H and O–H groups in total. The van der Waals surface area contributed by atoms with Gasteiger partial charge in [-0.15, -0.1) is 0 Å². The van der Waals surface area contributed by atoms with E-state index in [9.17, 15) is 4.79 Å². The fourth-order valence-electron chi connectivity index (χ4n) is 3.36. The van der Waals surface area contributed by atoms with Gasteiger partial charge in [0.2, 0.25) is 0 Å². The summed E-state index contributed by atoms with van der Waals surface area (Å²) in [5.74, 6) is 1.51. The predicted molar refractivity (Wildman–Crippen MR) is 118 cm³/mol. The van der Waals surface area contributed by atoms with Crippen LogP contribution in [0.25, 0.3) is 5.69 Å². The zero-order chi connectivity index (χ0) is 22.5. The second kappa shape index (κ2) is 9.38. The molecular formula is C24H24N4O4. The van der Waals surface area contributed by atoms with Gasteiger partial charge in [0.15, 0.2) is 11.5 Å². The van der Waals surface area contributed by atoms with E-state index in [0.717, 1.165) is 22.5 Å². The van der Waals surface area contributed by atoms with Crippen LogP contribution in [-0.4, -0.2) is 28.0 Å². The molecule has 0 aliphatic carbocycles. The summed E-state index contributed by atoms with van der Waals surface area (Å²) in [6.45, 7) is 4.37. The van der Waals surface area contributed by atoms with Crippen molar-refractivity contribution in [3.05, 3.63) is 89.1 Å². The van der Waals surface area contributed by atoms with Gasteiger partial charge in [0, 0.05) is 24.5 Å². The first-order valence-corrected chi connectivity index (χ1v) is 10.2. The third kappa shape index (κ3) is 4.49. The summed E-state index contributed by atoms with van der Waals surface area (Å²) in [6.07, 6.45) is 3.59. The molecule has 164 valence electrons. The van der Waals surface area contributed by atoms with Crippen LogP contribution in [0.3, 0.4) is 0 Å². The van der Waals surface area contributed by atoms with Crippen LogP contribution in [-0.2, 0) is 13.2 Å². The van der Waals surface area contributed by atoms with Gasteiger partial charge >= 0.3 is 0 Å². The zero-order valence-electron chi connectivity index (χ0n) is 18.2. The third-order valence-corrected chi connectivity index (χ3v) is 5.16. The number of para-hydroxylation sites is 1. The van der Waals surface area contributed by atoms with Gasteiger partial charge in [-0.25, -0.2) is 4.68 Å². The molecule has 0 radical (unpaired) electrons. The number of aryl methyl sites for hydroxylation is 2. The Balaban J connectivity index is 1.45. The number of rotatable bonds is 8. The van der Waals surface area contributed by atoms with Crippen LogP contribution in [0.1, 0.15) is 32.9 Å². The summed E-state index contributed by atoms with van der Waals surface area (Å²) < 4.78 is 18.3. The maximum absolute atomic E-state index is 12.8. The van der Waals surface area contributed by atoms with Crippen LogP contribution < -0.4 is 14.8 Å². The monoisotopic (exact) mass is 432 g/mol. The van der Waals surface area contributed by atoms with E-state index < -0.39 is 0 Å². The van der Waals surface area contributed by atoms with Crippen LogP contribution in [0.2, 0.25) is 0 Å². The number of amides is 1. The summed E-state index contributed by atoms with van der Waals surface area (Å²) in [7, 11) is 1.54. The number of carbonyl (C=O) groups is 1. The van der Waals surface area contributed by atoms with Gasteiger partial charge in [-0.3, -0.25) is 4.79 Å². The van der Waals surface area contributed by atoms with E-state index in [4.69, 9.17) is 14.0 Å². The summed E-state index contributed by atoms with van der Waals surface area (Å²) >= 11 is 0. The largest absolute Gasteiger partial charge is 0.493 e. The number of ether oxygens (including phenoxy) is 2. The van der Waals surface area contributed by atoms with Crippen molar-refractivity contribution < 1.29 is 18.8 Å². The number of aromatic nitrogens is 3. The van der Waals surface area contributed by atoms with Gasteiger partial charge in [0.1, 0.15) is 12.4 Å². The van der Waals surface area contributed by atoms with Crippen molar-refractivity contribution in [3.8, 4) is 17.2 Å². The molecule has 0 saturated carbocycles. The minimum absolute atomic E-state index is 0.212. The molecule has 4 aromatic rings. The highest BCUT2D eigenvalue weighted by Gasteiger charge is 2.15. The van der Waals surface area contributed by atoms with Crippen LogP contribution in [0.4, 0.5) is 0 Å². The Morgan fingerprint density at radius 3 is 2.69 bits per heavy atom. The number of benzene rings is 2. The van der Waals surface area contributed by atoms with Gasteiger partial charge in [-0.1, -0.05) is 23.4 Å². The highest BCUT2D eigenvalue weighted by Crippen LogP contribution is 2.29. The number of nitrogens with zero attached hydrogens (tertiary/aromatic N) is 3. The Bertz CT molecular complexity index is 1200. The minimum Gasteiger partial charge on any atom is -0.493 e. The first-order valence-electron chi connectivity index (χ1n) is 10.2. The van der Waals surface area contributed by atoms with Crippen LogP contribution in [0.5, 0.6) is 11.5 Å². The first kappa shape index (κ1) is 21.2. The normalized spacial score (nSPS) is 10.7. The van der Waals surface area contributed by atoms with Gasteiger partial charge in [-0.05, 0) is 49.7 Å². The fourth-order valence-corrected chi connectivity index (χ4v) is 3.36. The van der Waals surface area contributed by atoms with Crippen molar-refractivity contribution >= 4 is 5.91 Å². The van der Waals surface area contributed by atoms with E-state index in [0.29, 0.717) is 36.0 Å². The van der Waals surface area contributed by atoms with Crippen LogP contribution in [0, 0.1) is 13.8 Å². The molecule has 32 heavy (non-hydrogen) atoms. The molecule has 1 amide bonds. The van der Waals surface area contributed by atoms with Gasteiger partial charge < -0.3 is 19.3 Å². The number of carbonyl (C=O) groups excluding carboxylic acids is 1. The molecule has 4 rings (SSSR count). The molecule has 8 nitrogen and oxygen atoms in total. The van der Waals surface area contributed by atoms with Crippen LogP contribution in [0.15, 0.2) is 65.4 Å². The van der Waals surface area contributed by atoms with Gasteiger partial charge in [0.25, 0.3) is 5.91 Å². The molecule has 0 atom stereocenters. The number of nitrogens with one attached hydrogen (secondary N) is 1. The lowest BCUT2D eigenvalue weighted by atomic mass is 10.1. The maximum atomic E-state index is 12.8. The Hall–Kier alpha value is -4.07. The average molecular weight is 432 g/mol. The molecule has 8 heteroatoms. The van der Waals surface area contributed by atoms with Gasteiger partial charge in [0.05, 0.1) is 24.1 Å². The highest BCUT2D eigenvalue weighted by atomic mass is 16.5. The Kier molecular flexibility index (Phi) is 6.21. The van der Waals surface area contributed by atoms with E-state index in [1.165, 1.54) is 0 Å². The summed E-state index contributed by atoms with van der Waals surface area (Å²) in [6, 6.07) is 14.8. The average Bonchev–Trinajstić information content (AvgIpc) is 3.46. The van der Waals surface area contributed by atoms with E-state index in [1.807, 2.05) is 50.4 Å². The van der Waals surface area contributed by atoms with E-state index >= 15 is 0 Å². The fraction of sp³-hybridized carbons (Fsp3) is 0.208. The SMILES string of the molecule is COc1cc(C(=O)NCc2ccccc2-n2cccn2)ccc1OCc1c(C)noc1C. The molecule has 2 aromatic heterocycles. The molecule has 0 fully saturated rings. The first-order chi connectivity index (χ1) is 15.6. The quantitative estimate of drug-likeness (QED) is 0.453. The Morgan fingerprint density at radius 2 is 1.97 bits per heavy atom. The Morgan fingerprint density at radius 1 is 1.12 bits per heavy atom. The van der Waals surface area contributed by atoms with Crippen molar-refractivity contribution in [1.29, 1.82) is 0 Å². The lowest BCUT2D eigenvalue weighted by molar-refractivity contribution is 0.0950. The molecule has 2 aromatic carbocycles. The second-order valence-corrected chi connectivity index (χ2v) is 7.22. The minimum atomic E-state index is -0.212. The number of hydrogen-bond acceptors (Lipinski definition) is 6. The van der Waals surface area contributed by atoms with E-state index in [1.54, 1.807) is 36.2 Å². The molecule has 0 spiro atoms. The molecular weight excluding hydrogens is 408 g/mol. The smallest absolute Gasteiger partial charge is 0.251 e. The lowest BCUT2D eigenvalue weighted by Crippen LogP contribution is -2.23. The summed E-state index contributed by atoms with van der Waals surface area (Å²) in [4.78, 5) is 12.8. The maximum Gasteiger partial charge on any atom is 0.251 e. The van der Waals surface area contributed by atoms with Crippen molar-refractivity contribution in [2.24, 2.45) is 0 Å². The highest BCUT2D eigenvalue weighted by molar-refractivity contribution is 5.94. The van der Waals surface area contributed by atoms with Gasteiger partial charge in [-0.2, -0.15) is 5.10 Å². The standard InChI is InChI=1S/C24H24N4O4/c1-16-20(17(2)32-27-16)15-31-22-10-9-18(13-23(22)30-3)24(29)25-14-19-7-4-5-8-21(19)28-12-6-11-26-28/h4-13H,14-15H2,1-3H3,(H,25,29). The molecule has 0 aliphatic heterocycles. The van der Waals surface area contributed by atoms with Crippen molar-refractivity contribution in [3.63, 3.8) is 0 Å². The molecule has 0 bridgehead atoms. The second-order valence-electron chi connectivity index (χ2n) is 7.22. The molecule has 0 unspecified atom stereocenters. The Labute approximate surface area is 185 Å². The van der Waals surface area contributed by atoms with Crippen molar-refractivity contribution in [2.45, 2.75) is 27.0 Å². The van der Waals surface area contributed by atoms with Crippen molar-refractivity contribution in [1.82, 2.24) is 20.3 Å². The van der Waals surface area contributed by atoms with Crippen LogP contribution >= 0.6 is 0 Å².